The summed E-state index contributed by atoms with van der Waals surface area (Å²) in [5.74, 6) is -1.44. The summed E-state index contributed by atoms with van der Waals surface area (Å²) in [7, 11) is 0. The Morgan fingerprint density at radius 3 is 1.93 bits per heavy atom. The zero-order chi connectivity index (χ0) is 20.9. The van der Waals surface area contributed by atoms with E-state index in [0.29, 0.717) is 16.1 Å². The largest absolute Gasteiger partial charge is 0.442 e. The summed E-state index contributed by atoms with van der Waals surface area (Å²) in [6.07, 6.45) is 0. The van der Waals surface area contributed by atoms with Crippen LogP contribution in [0.1, 0.15) is 48.4 Å². The summed E-state index contributed by atoms with van der Waals surface area (Å²) in [5.41, 5.74) is -0.0457. The molecule has 0 saturated heterocycles. The molecule has 0 aliphatic carbocycles. The molecule has 0 heterocycles. The van der Waals surface area contributed by atoms with E-state index in [1.54, 1.807) is 75.4 Å². The maximum absolute atomic E-state index is 13.2. The lowest BCUT2D eigenvalue weighted by molar-refractivity contribution is -0.153. The zero-order valence-corrected chi connectivity index (χ0v) is 17.1. The number of hydrazine groups is 1. The summed E-state index contributed by atoms with van der Waals surface area (Å²) >= 11 is 5.91. The Morgan fingerprint density at radius 1 is 0.893 bits per heavy atom. The molecule has 7 heteroatoms. The van der Waals surface area contributed by atoms with Crippen molar-refractivity contribution in [3.05, 3.63) is 70.7 Å². The topological polar surface area (TPSA) is 66.9 Å². The number of hydrogen-bond donors (Lipinski definition) is 0. The molecule has 0 unspecified atom stereocenters. The van der Waals surface area contributed by atoms with E-state index in [2.05, 4.69) is 0 Å². The van der Waals surface area contributed by atoms with Crippen LogP contribution in [0.5, 0.6) is 0 Å². The lowest BCUT2D eigenvalue weighted by atomic mass is 10.1. The van der Waals surface area contributed by atoms with Crippen LogP contribution in [0.3, 0.4) is 0 Å². The standard InChI is InChI=1S/C21H23ClN2O4/c1-15(25)28-14-23(19(26)17-10-12-18(22)13-11-17)24(21(2,3)4)20(27)16-8-6-5-7-9-16/h5-13H,14H2,1-4H3. The predicted molar refractivity (Wildman–Crippen MR) is 107 cm³/mol. The Bertz CT molecular complexity index is 845. The van der Waals surface area contributed by atoms with Crippen molar-refractivity contribution in [2.75, 3.05) is 6.73 Å². The molecule has 0 fully saturated rings. The minimum absolute atomic E-state index is 0.312. The fourth-order valence-electron chi connectivity index (χ4n) is 2.58. The van der Waals surface area contributed by atoms with Crippen molar-refractivity contribution >= 4 is 29.4 Å². The SMILES string of the molecule is CC(=O)OCN(C(=O)c1ccc(Cl)cc1)N(C(=O)c1ccccc1)C(C)(C)C. The maximum atomic E-state index is 13.2. The first-order valence-corrected chi connectivity index (χ1v) is 9.09. The van der Waals surface area contributed by atoms with E-state index in [1.807, 2.05) is 0 Å². The van der Waals surface area contributed by atoms with E-state index in [9.17, 15) is 14.4 Å². The van der Waals surface area contributed by atoms with Gasteiger partial charge in [-0.1, -0.05) is 29.8 Å². The smallest absolute Gasteiger partial charge is 0.304 e. The molecule has 28 heavy (non-hydrogen) atoms. The van der Waals surface area contributed by atoms with Crippen LogP contribution in [0.15, 0.2) is 54.6 Å². The van der Waals surface area contributed by atoms with Crippen molar-refractivity contribution in [1.29, 1.82) is 0 Å². The number of nitrogens with zero attached hydrogens (tertiary/aromatic N) is 2. The maximum Gasteiger partial charge on any atom is 0.304 e. The molecule has 148 valence electrons. The molecule has 2 rings (SSSR count). The van der Waals surface area contributed by atoms with Gasteiger partial charge in [0.2, 0.25) is 0 Å². The van der Waals surface area contributed by atoms with E-state index in [4.69, 9.17) is 16.3 Å². The molecule has 2 aromatic carbocycles. The minimum atomic E-state index is -0.769. The number of amides is 2. The highest BCUT2D eigenvalue weighted by atomic mass is 35.5. The molecule has 0 bridgehead atoms. The lowest BCUT2D eigenvalue weighted by Gasteiger charge is -2.42. The van der Waals surface area contributed by atoms with Crippen LogP contribution in [0.2, 0.25) is 5.02 Å². The minimum Gasteiger partial charge on any atom is -0.442 e. The average Bonchev–Trinajstić information content (AvgIpc) is 2.64. The van der Waals surface area contributed by atoms with Crippen molar-refractivity contribution in [3.8, 4) is 0 Å². The van der Waals surface area contributed by atoms with Gasteiger partial charge in [0.05, 0.1) is 5.54 Å². The molecule has 2 aromatic rings. The van der Waals surface area contributed by atoms with Gasteiger partial charge in [-0.15, -0.1) is 0 Å². The van der Waals surface area contributed by atoms with E-state index >= 15 is 0 Å². The third-order valence-corrected chi connectivity index (χ3v) is 4.06. The number of rotatable bonds is 4. The van der Waals surface area contributed by atoms with Crippen molar-refractivity contribution in [1.82, 2.24) is 10.0 Å². The molecule has 0 saturated carbocycles. The van der Waals surface area contributed by atoms with Crippen LogP contribution in [-0.2, 0) is 9.53 Å². The van der Waals surface area contributed by atoms with Gasteiger partial charge in [-0.05, 0) is 57.2 Å². The van der Waals surface area contributed by atoms with Gasteiger partial charge in [-0.2, -0.15) is 0 Å². The Morgan fingerprint density at radius 2 is 1.43 bits per heavy atom. The molecule has 0 aromatic heterocycles. The summed E-state index contributed by atoms with van der Waals surface area (Å²) in [5, 5.41) is 2.93. The van der Waals surface area contributed by atoms with Gasteiger partial charge in [0, 0.05) is 23.1 Å². The van der Waals surface area contributed by atoms with Crippen LogP contribution in [-0.4, -0.2) is 40.1 Å². The summed E-state index contributed by atoms with van der Waals surface area (Å²) in [6.45, 7) is 6.23. The second-order valence-corrected chi connectivity index (χ2v) is 7.57. The first kappa shape index (κ1) is 21.4. The fraction of sp³-hybridized carbons (Fsp3) is 0.286. The molecule has 0 aliphatic rings. The van der Waals surface area contributed by atoms with Gasteiger partial charge in [-0.25, -0.2) is 10.0 Å². The highest BCUT2D eigenvalue weighted by molar-refractivity contribution is 6.30. The highest BCUT2D eigenvalue weighted by Gasteiger charge is 2.36. The van der Waals surface area contributed by atoms with Gasteiger partial charge >= 0.3 is 5.97 Å². The number of halogens is 1. The predicted octanol–water partition coefficient (Wildman–Crippen LogP) is 4.16. The van der Waals surface area contributed by atoms with Crippen molar-refractivity contribution < 1.29 is 19.1 Å². The normalized spacial score (nSPS) is 10.9. The van der Waals surface area contributed by atoms with Gasteiger partial charge < -0.3 is 4.74 Å². The molecular weight excluding hydrogens is 380 g/mol. The first-order valence-electron chi connectivity index (χ1n) is 8.71. The molecule has 0 atom stereocenters. The molecule has 0 radical (unpaired) electrons. The summed E-state index contributed by atoms with van der Waals surface area (Å²) < 4.78 is 5.08. The third-order valence-electron chi connectivity index (χ3n) is 3.81. The van der Waals surface area contributed by atoms with Crippen molar-refractivity contribution in [2.45, 2.75) is 33.2 Å². The van der Waals surface area contributed by atoms with Crippen LogP contribution >= 0.6 is 11.6 Å². The molecule has 0 aliphatic heterocycles. The van der Waals surface area contributed by atoms with Crippen LogP contribution in [0.4, 0.5) is 0 Å². The molecule has 2 amide bonds. The van der Waals surface area contributed by atoms with Gasteiger partial charge in [-0.3, -0.25) is 14.4 Å². The Labute approximate surface area is 169 Å². The summed E-state index contributed by atoms with van der Waals surface area (Å²) in [6, 6.07) is 14.9. The average molecular weight is 403 g/mol. The molecular formula is C21H23ClN2O4. The number of carbonyl (C=O) groups excluding carboxylic acids is 3. The van der Waals surface area contributed by atoms with Crippen molar-refractivity contribution in [3.63, 3.8) is 0 Å². The quantitative estimate of drug-likeness (QED) is 0.437. The fourth-order valence-corrected chi connectivity index (χ4v) is 2.71. The van der Waals surface area contributed by atoms with E-state index in [-0.39, 0.29) is 5.91 Å². The first-order chi connectivity index (χ1) is 13.1. The number of ether oxygens (including phenoxy) is 1. The monoisotopic (exact) mass is 402 g/mol. The molecule has 0 spiro atoms. The number of hydrogen-bond acceptors (Lipinski definition) is 4. The van der Waals surface area contributed by atoms with Gasteiger partial charge in [0.25, 0.3) is 11.8 Å². The van der Waals surface area contributed by atoms with Gasteiger partial charge in [0.15, 0.2) is 6.73 Å². The number of benzene rings is 2. The van der Waals surface area contributed by atoms with Gasteiger partial charge in [0.1, 0.15) is 0 Å². The Kier molecular flexibility index (Phi) is 6.80. The van der Waals surface area contributed by atoms with E-state index < -0.39 is 24.1 Å². The van der Waals surface area contributed by atoms with Crippen LogP contribution < -0.4 is 0 Å². The van der Waals surface area contributed by atoms with Crippen LogP contribution in [0.25, 0.3) is 0 Å². The third kappa shape index (κ3) is 5.33. The van der Waals surface area contributed by atoms with Crippen LogP contribution in [0, 0.1) is 0 Å². The second kappa shape index (κ2) is 8.89. The lowest BCUT2D eigenvalue weighted by Crippen LogP contribution is -2.58. The molecule has 0 N–H and O–H groups in total. The summed E-state index contributed by atoms with van der Waals surface area (Å²) in [4.78, 5) is 37.8. The number of esters is 1. The highest BCUT2D eigenvalue weighted by Crippen LogP contribution is 2.23. The Hall–Kier alpha value is -2.86. The van der Waals surface area contributed by atoms with E-state index in [0.717, 1.165) is 5.01 Å². The van der Waals surface area contributed by atoms with E-state index in [1.165, 1.54) is 11.9 Å². The number of carbonyl (C=O) groups is 3. The second-order valence-electron chi connectivity index (χ2n) is 7.13. The zero-order valence-electron chi connectivity index (χ0n) is 16.3. The molecule has 6 nitrogen and oxygen atoms in total. The van der Waals surface area contributed by atoms with Crippen molar-refractivity contribution in [2.24, 2.45) is 0 Å². The Balaban J connectivity index is 2.49.